The van der Waals surface area contributed by atoms with Crippen molar-refractivity contribution in [2.24, 2.45) is 0 Å². The Morgan fingerprint density at radius 1 is 0.974 bits per heavy atom. The molecule has 0 aliphatic rings. The van der Waals surface area contributed by atoms with Crippen LogP contribution in [0.1, 0.15) is 26.3 Å². The normalized spacial score (nSPS) is 11.7. The molecule has 38 heavy (non-hydrogen) atoms. The third kappa shape index (κ3) is 5.42. The first-order valence-corrected chi connectivity index (χ1v) is 13.2. The van der Waals surface area contributed by atoms with Crippen LogP contribution in [0.3, 0.4) is 0 Å². The average molecular weight is 537 g/mol. The van der Waals surface area contributed by atoms with E-state index in [1.54, 1.807) is 66.7 Å². The van der Waals surface area contributed by atoms with Gasteiger partial charge in [0.2, 0.25) is 0 Å². The summed E-state index contributed by atoms with van der Waals surface area (Å²) < 4.78 is 28.9. The zero-order chi connectivity index (χ0) is 27.7. The van der Waals surface area contributed by atoms with E-state index >= 15 is 0 Å². The standard InChI is InChI=1S/C27H28N4O6S/c1-27(2,3)18-10-13-20(14-11-18)38(35,36)30-19-12-15-22-21(16-19)23(17-8-6-5-7-9-17)24(29-22)31(25(32)28-4)37-26(33)34/h5-16,29-30H,1-4H3,(H,28,32)(H,33,34). The van der Waals surface area contributed by atoms with E-state index in [4.69, 9.17) is 4.84 Å². The largest absolute Gasteiger partial charge is 0.531 e. The van der Waals surface area contributed by atoms with Crippen LogP contribution in [0.5, 0.6) is 0 Å². The molecular weight excluding hydrogens is 508 g/mol. The molecule has 0 saturated carbocycles. The summed E-state index contributed by atoms with van der Waals surface area (Å²) in [6.07, 6.45) is -1.68. The average Bonchev–Trinajstić information content (AvgIpc) is 3.25. The lowest BCUT2D eigenvalue weighted by molar-refractivity contribution is 0.0853. The summed E-state index contributed by atoms with van der Waals surface area (Å²) in [5.74, 6) is 0.0609. The van der Waals surface area contributed by atoms with E-state index < -0.39 is 22.2 Å². The van der Waals surface area contributed by atoms with Crippen LogP contribution in [0.15, 0.2) is 77.7 Å². The lowest BCUT2D eigenvalue weighted by Gasteiger charge is -2.19. The molecule has 10 nitrogen and oxygen atoms in total. The molecule has 2 amide bonds. The number of fused-ring (bicyclic) bond motifs is 1. The van der Waals surface area contributed by atoms with E-state index in [9.17, 15) is 23.1 Å². The van der Waals surface area contributed by atoms with E-state index in [1.807, 2.05) is 26.8 Å². The molecule has 1 aromatic heterocycles. The van der Waals surface area contributed by atoms with E-state index in [1.165, 1.54) is 7.05 Å². The molecule has 4 N–H and O–H groups in total. The molecule has 0 aliphatic carbocycles. The molecule has 4 rings (SSSR count). The quantitative estimate of drug-likeness (QED) is 0.242. The Labute approximate surface area is 220 Å². The topological polar surface area (TPSA) is 141 Å². The number of carbonyl (C=O) groups is 2. The maximum atomic E-state index is 13.2. The van der Waals surface area contributed by atoms with Gasteiger partial charge in [-0.3, -0.25) is 9.56 Å². The first kappa shape index (κ1) is 26.6. The van der Waals surface area contributed by atoms with Gasteiger partial charge in [0.05, 0.1) is 4.90 Å². The minimum absolute atomic E-state index is 0.0609. The molecule has 0 aliphatic heterocycles. The first-order chi connectivity index (χ1) is 17.9. The van der Waals surface area contributed by atoms with Gasteiger partial charge in [-0.2, -0.15) is 0 Å². The van der Waals surface area contributed by atoms with Crippen LogP contribution in [0.2, 0.25) is 0 Å². The van der Waals surface area contributed by atoms with Crippen molar-refractivity contribution in [3.8, 4) is 11.1 Å². The number of H-pyrrole nitrogens is 1. The molecular formula is C27H28N4O6S. The maximum absolute atomic E-state index is 13.2. The fourth-order valence-electron chi connectivity index (χ4n) is 4.01. The Morgan fingerprint density at radius 2 is 1.63 bits per heavy atom. The van der Waals surface area contributed by atoms with Gasteiger partial charge in [0.15, 0.2) is 5.82 Å². The summed E-state index contributed by atoms with van der Waals surface area (Å²) >= 11 is 0. The van der Waals surface area contributed by atoms with E-state index in [2.05, 4.69) is 15.0 Å². The van der Waals surface area contributed by atoms with Gasteiger partial charge in [-0.25, -0.2) is 18.0 Å². The molecule has 0 saturated heterocycles. The summed E-state index contributed by atoms with van der Waals surface area (Å²) in [5.41, 5.74) is 2.79. The molecule has 198 valence electrons. The Bertz CT molecular complexity index is 1590. The monoisotopic (exact) mass is 536 g/mol. The third-order valence-corrected chi connectivity index (χ3v) is 7.29. The predicted octanol–water partition coefficient (Wildman–Crippen LogP) is 5.69. The van der Waals surface area contributed by atoms with Gasteiger partial charge in [0.25, 0.3) is 10.0 Å². The van der Waals surface area contributed by atoms with Crippen LogP contribution in [0, 0.1) is 0 Å². The van der Waals surface area contributed by atoms with Crippen molar-refractivity contribution in [2.75, 3.05) is 16.8 Å². The van der Waals surface area contributed by atoms with Crippen LogP contribution in [0.25, 0.3) is 22.0 Å². The van der Waals surface area contributed by atoms with E-state index in [0.717, 1.165) is 5.56 Å². The van der Waals surface area contributed by atoms with Gasteiger partial charge in [0, 0.05) is 29.2 Å². The highest BCUT2D eigenvalue weighted by atomic mass is 32.2. The van der Waals surface area contributed by atoms with E-state index in [-0.39, 0.29) is 21.8 Å². The smallest absolute Gasteiger partial charge is 0.448 e. The Balaban J connectivity index is 1.81. The number of carboxylic acid groups (broad SMARTS) is 1. The minimum Gasteiger partial charge on any atom is -0.448 e. The van der Waals surface area contributed by atoms with Gasteiger partial charge >= 0.3 is 12.2 Å². The fraction of sp³-hybridized carbons (Fsp3) is 0.185. The molecule has 3 aromatic carbocycles. The number of anilines is 2. The molecule has 0 radical (unpaired) electrons. The molecule has 0 bridgehead atoms. The molecule has 11 heteroatoms. The fourth-order valence-corrected chi connectivity index (χ4v) is 5.06. The number of hydrogen-bond acceptors (Lipinski definition) is 5. The third-order valence-electron chi connectivity index (χ3n) is 5.89. The lowest BCUT2D eigenvalue weighted by atomic mass is 9.87. The van der Waals surface area contributed by atoms with Crippen LogP contribution in [-0.4, -0.2) is 37.7 Å². The molecule has 4 aromatic rings. The number of carbonyl (C=O) groups excluding carboxylic acids is 1. The first-order valence-electron chi connectivity index (χ1n) is 11.7. The molecule has 1 heterocycles. The number of amides is 2. The summed E-state index contributed by atoms with van der Waals surface area (Å²) in [4.78, 5) is 31.8. The second kappa shape index (κ2) is 10.1. The van der Waals surface area contributed by atoms with Crippen molar-refractivity contribution in [3.05, 3.63) is 78.4 Å². The molecule has 0 fully saturated rings. The van der Waals surface area contributed by atoms with Gasteiger partial charge in [0.1, 0.15) is 0 Å². The summed E-state index contributed by atoms with van der Waals surface area (Å²) in [5, 5.41) is 12.7. The molecule has 0 unspecified atom stereocenters. The number of nitrogens with one attached hydrogen (secondary N) is 3. The van der Waals surface area contributed by atoms with Crippen molar-refractivity contribution in [1.29, 1.82) is 0 Å². The highest BCUT2D eigenvalue weighted by molar-refractivity contribution is 7.92. The molecule has 0 spiro atoms. The number of aromatic amines is 1. The Hall–Kier alpha value is -4.51. The lowest BCUT2D eigenvalue weighted by Crippen LogP contribution is -2.40. The maximum Gasteiger partial charge on any atom is 0.531 e. The van der Waals surface area contributed by atoms with Crippen LogP contribution in [-0.2, 0) is 20.3 Å². The number of nitrogens with zero attached hydrogens (tertiary/aromatic N) is 1. The molecule has 0 atom stereocenters. The van der Waals surface area contributed by atoms with Crippen molar-refractivity contribution in [3.63, 3.8) is 0 Å². The predicted molar refractivity (Wildman–Crippen MR) is 146 cm³/mol. The highest BCUT2D eigenvalue weighted by Crippen LogP contribution is 2.39. The number of sulfonamides is 1. The van der Waals surface area contributed by atoms with Gasteiger partial charge < -0.3 is 15.4 Å². The van der Waals surface area contributed by atoms with Crippen LogP contribution < -0.4 is 15.1 Å². The number of benzene rings is 3. The van der Waals surface area contributed by atoms with E-state index in [0.29, 0.717) is 27.1 Å². The summed E-state index contributed by atoms with van der Waals surface area (Å²) in [6, 6.07) is 19.7. The highest BCUT2D eigenvalue weighted by Gasteiger charge is 2.27. The Morgan fingerprint density at radius 3 is 2.21 bits per heavy atom. The van der Waals surface area contributed by atoms with Gasteiger partial charge in [-0.05, 0) is 46.9 Å². The van der Waals surface area contributed by atoms with Crippen molar-refractivity contribution < 1.29 is 28.0 Å². The Kier molecular flexibility index (Phi) is 7.05. The minimum atomic E-state index is -3.90. The van der Waals surface area contributed by atoms with Crippen LogP contribution in [0.4, 0.5) is 21.1 Å². The van der Waals surface area contributed by atoms with Crippen molar-refractivity contribution in [1.82, 2.24) is 10.3 Å². The summed E-state index contributed by atoms with van der Waals surface area (Å²) in [7, 11) is -2.56. The van der Waals surface area contributed by atoms with Gasteiger partial charge in [-0.1, -0.05) is 68.3 Å². The SMILES string of the molecule is CNC(=O)N(OC(=O)O)c1[nH]c2ccc(NS(=O)(=O)c3ccc(C(C)(C)C)cc3)cc2c1-c1ccccc1. The second-order valence-electron chi connectivity index (χ2n) is 9.56. The van der Waals surface area contributed by atoms with Crippen LogP contribution >= 0.6 is 0 Å². The number of rotatable bonds is 5. The second-order valence-corrected chi connectivity index (χ2v) is 11.2. The van der Waals surface area contributed by atoms with Crippen molar-refractivity contribution in [2.45, 2.75) is 31.1 Å². The number of aromatic nitrogens is 1. The van der Waals surface area contributed by atoms with Crippen molar-refractivity contribution >= 4 is 44.6 Å². The number of hydrogen-bond donors (Lipinski definition) is 4. The zero-order valence-corrected chi connectivity index (χ0v) is 22.1. The number of hydroxylamine groups is 1. The van der Waals surface area contributed by atoms with Gasteiger partial charge in [-0.15, -0.1) is 0 Å². The number of urea groups is 1. The zero-order valence-electron chi connectivity index (χ0n) is 21.3. The summed E-state index contributed by atoms with van der Waals surface area (Å²) in [6.45, 7) is 6.14.